The molecular weight excluding hydrogens is 360 g/mol. The van der Waals surface area contributed by atoms with Gasteiger partial charge in [-0.05, 0) is 22.8 Å². The zero-order chi connectivity index (χ0) is 20.5. The first-order chi connectivity index (χ1) is 13.4. The molecule has 2 aromatic rings. The fourth-order valence-electron chi connectivity index (χ4n) is 3.00. The van der Waals surface area contributed by atoms with Crippen LogP contribution in [0.1, 0.15) is 31.7 Å². The number of hydrogen-bond acceptors (Lipinski definition) is 5. The molecule has 0 aromatic heterocycles. The number of nitrogens with two attached hydrogens (primary N) is 1. The monoisotopic (exact) mass is 386 g/mol. The third-order valence-corrected chi connectivity index (χ3v) is 4.49. The van der Waals surface area contributed by atoms with Crippen molar-refractivity contribution in [3.05, 3.63) is 48.0 Å². The molecule has 2 atom stereocenters. The molecular formula is C21H26N2O5. The van der Waals surface area contributed by atoms with E-state index < -0.39 is 36.5 Å². The lowest BCUT2D eigenvalue weighted by molar-refractivity contribution is -0.134. The maximum atomic E-state index is 12.7. The zero-order valence-electron chi connectivity index (χ0n) is 15.9. The van der Waals surface area contributed by atoms with Crippen molar-refractivity contribution in [1.82, 2.24) is 5.32 Å². The number of ether oxygens (including phenoxy) is 1. The zero-order valence-corrected chi connectivity index (χ0v) is 15.9. The number of amides is 2. The van der Waals surface area contributed by atoms with E-state index >= 15 is 0 Å². The van der Waals surface area contributed by atoms with Gasteiger partial charge in [-0.3, -0.25) is 9.59 Å². The molecule has 0 aliphatic carbocycles. The lowest BCUT2D eigenvalue weighted by Gasteiger charge is -2.21. The predicted octanol–water partition coefficient (Wildman–Crippen LogP) is 2.08. The first-order valence-electron chi connectivity index (χ1n) is 9.32. The smallest absolute Gasteiger partial charge is 0.405 e. The van der Waals surface area contributed by atoms with Gasteiger partial charge in [-0.2, -0.15) is 0 Å². The molecule has 150 valence electrons. The standard InChI is InChI=1S/C21H26N2O5/c1-2-3-8-17(18(25)13-24)23-20(26)19(28-21(22)27)12-14-9-10-15-6-4-5-7-16(15)11-14/h4-7,9-11,17,19,24H,2-3,8,12-13H2,1H3,(H2,22,27)(H,23,26). The quantitative estimate of drug-likeness (QED) is 0.578. The van der Waals surface area contributed by atoms with Gasteiger partial charge in [-0.15, -0.1) is 0 Å². The van der Waals surface area contributed by atoms with Crippen molar-refractivity contribution in [3.8, 4) is 0 Å². The van der Waals surface area contributed by atoms with Crippen molar-refractivity contribution in [2.75, 3.05) is 6.61 Å². The van der Waals surface area contributed by atoms with Gasteiger partial charge in [0.1, 0.15) is 6.61 Å². The van der Waals surface area contributed by atoms with Crippen LogP contribution in [0.2, 0.25) is 0 Å². The van der Waals surface area contributed by atoms with Crippen LogP contribution < -0.4 is 11.1 Å². The van der Waals surface area contributed by atoms with Gasteiger partial charge >= 0.3 is 6.09 Å². The highest BCUT2D eigenvalue weighted by atomic mass is 16.6. The number of nitrogens with one attached hydrogen (secondary N) is 1. The number of primary amides is 1. The Morgan fingerprint density at radius 3 is 2.50 bits per heavy atom. The predicted molar refractivity (Wildman–Crippen MR) is 106 cm³/mol. The van der Waals surface area contributed by atoms with Gasteiger partial charge in [0.05, 0.1) is 6.04 Å². The molecule has 0 aliphatic heterocycles. The van der Waals surface area contributed by atoms with E-state index in [4.69, 9.17) is 15.6 Å². The van der Waals surface area contributed by atoms with E-state index in [-0.39, 0.29) is 6.42 Å². The van der Waals surface area contributed by atoms with E-state index in [2.05, 4.69) is 5.32 Å². The molecule has 28 heavy (non-hydrogen) atoms. The van der Waals surface area contributed by atoms with Crippen LogP contribution in [0, 0.1) is 0 Å². The summed E-state index contributed by atoms with van der Waals surface area (Å²) in [6.45, 7) is 1.29. The van der Waals surface area contributed by atoms with Crippen molar-refractivity contribution in [3.63, 3.8) is 0 Å². The van der Waals surface area contributed by atoms with E-state index in [1.165, 1.54) is 0 Å². The van der Waals surface area contributed by atoms with Crippen molar-refractivity contribution in [2.45, 2.75) is 44.8 Å². The molecule has 0 radical (unpaired) electrons. The van der Waals surface area contributed by atoms with Gasteiger partial charge in [0.25, 0.3) is 5.91 Å². The Morgan fingerprint density at radius 2 is 1.86 bits per heavy atom. The fraction of sp³-hybridized carbons (Fsp3) is 0.381. The highest BCUT2D eigenvalue weighted by Gasteiger charge is 2.27. The summed E-state index contributed by atoms with van der Waals surface area (Å²) in [5.41, 5.74) is 5.91. The van der Waals surface area contributed by atoms with Gasteiger partial charge in [0.15, 0.2) is 11.9 Å². The number of rotatable bonds is 10. The van der Waals surface area contributed by atoms with E-state index in [0.717, 1.165) is 22.8 Å². The molecule has 0 bridgehead atoms. The topological polar surface area (TPSA) is 119 Å². The van der Waals surface area contributed by atoms with Crippen molar-refractivity contribution < 1.29 is 24.2 Å². The highest BCUT2D eigenvalue weighted by Crippen LogP contribution is 2.17. The van der Waals surface area contributed by atoms with Gasteiger partial charge in [-0.1, -0.05) is 62.2 Å². The van der Waals surface area contributed by atoms with Crippen LogP contribution >= 0.6 is 0 Å². The minimum absolute atomic E-state index is 0.118. The van der Waals surface area contributed by atoms with Crippen LogP contribution in [0.3, 0.4) is 0 Å². The first-order valence-corrected chi connectivity index (χ1v) is 9.32. The number of ketones is 1. The lowest BCUT2D eigenvalue weighted by atomic mass is 10.0. The van der Waals surface area contributed by atoms with Crippen LogP contribution in [-0.2, 0) is 20.7 Å². The number of carbonyl (C=O) groups is 3. The Balaban J connectivity index is 2.16. The molecule has 2 unspecified atom stereocenters. The molecule has 0 heterocycles. The van der Waals surface area contributed by atoms with Crippen LogP contribution in [-0.4, -0.2) is 41.6 Å². The molecule has 7 nitrogen and oxygen atoms in total. The van der Waals surface area contributed by atoms with Crippen LogP contribution in [0.4, 0.5) is 4.79 Å². The number of Topliss-reactive ketones (excluding diaryl/α,β-unsaturated/α-hetero) is 1. The maximum Gasteiger partial charge on any atom is 0.405 e. The first kappa shape index (κ1) is 21.4. The number of unbranched alkanes of at least 4 members (excludes halogenated alkanes) is 1. The molecule has 0 aliphatic rings. The largest absolute Gasteiger partial charge is 0.436 e. The maximum absolute atomic E-state index is 12.7. The van der Waals surface area contributed by atoms with Crippen LogP contribution in [0.25, 0.3) is 10.8 Å². The van der Waals surface area contributed by atoms with Gasteiger partial charge < -0.3 is 20.9 Å². The molecule has 0 spiro atoms. The molecule has 7 heteroatoms. The molecule has 2 rings (SSSR count). The Bertz CT molecular complexity index is 836. The highest BCUT2D eigenvalue weighted by molar-refractivity contribution is 5.92. The van der Waals surface area contributed by atoms with Crippen LogP contribution in [0.5, 0.6) is 0 Å². The molecule has 0 fully saturated rings. The average Bonchev–Trinajstić information content (AvgIpc) is 2.69. The Hall–Kier alpha value is -2.93. The van der Waals surface area contributed by atoms with Crippen LogP contribution in [0.15, 0.2) is 42.5 Å². The molecule has 0 saturated carbocycles. The lowest BCUT2D eigenvalue weighted by Crippen LogP contribution is -2.48. The molecule has 2 amide bonds. The van der Waals surface area contributed by atoms with E-state index in [1.807, 2.05) is 49.4 Å². The summed E-state index contributed by atoms with van der Waals surface area (Å²) in [5, 5.41) is 13.8. The second-order valence-corrected chi connectivity index (χ2v) is 6.64. The summed E-state index contributed by atoms with van der Waals surface area (Å²) < 4.78 is 5.00. The van der Waals surface area contributed by atoms with Crippen molar-refractivity contribution in [2.24, 2.45) is 5.73 Å². The fourth-order valence-corrected chi connectivity index (χ4v) is 3.00. The van der Waals surface area contributed by atoms with Gasteiger partial charge in [0, 0.05) is 6.42 Å². The summed E-state index contributed by atoms with van der Waals surface area (Å²) in [5.74, 6) is -1.10. The van der Waals surface area contributed by atoms with E-state index in [1.54, 1.807) is 0 Å². The second kappa shape index (κ2) is 10.4. The summed E-state index contributed by atoms with van der Waals surface area (Å²) in [6.07, 6.45) is -0.172. The third kappa shape index (κ3) is 6.06. The minimum atomic E-state index is -1.17. The minimum Gasteiger partial charge on any atom is -0.436 e. The number of aliphatic hydroxyl groups excluding tert-OH is 1. The van der Waals surface area contributed by atoms with E-state index in [0.29, 0.717) is 12.8 Å². The Morgan fingerprint density at radius 1 is 1.14 bits per heavy atom. The number of fused-ring (bicyclic) bond motifs is 1. The summed E-state index contributed by atoms with van der Waals surface area (Å²) in [7, 11) is 0. The van der Waals surface area contributed by atoms with Gasteiger partial charge in [-0.25, -0.2) is 4.79 Å². The third-order valence-electron chi connectivity index (χ3n) is 4.49. The normalized spacial score (nSPS) is 12.9. The summed E-state index contributed by atoms with van der Waals surface area (Å²) in [4.78, 5) is 35.8. The number of benzene rings is 2. The Kier molecular flexibility index (Phi) is 7.95. The number of carbonyl (C=O) groups excluding carboxylic acids is 3. The molecule has 2 aromatic carbocycles. The Labute approximate surface area is 163 Å². The summed E-state index contributed by atoms with van der Waals surface area (Å²) in [6, 6.07) is 12.6. The SMILES string of the molecule is CCCCC(NC(=O)C(Cc1ccc2ccccc2c1)OC(N)=O)C(=O)CO. The molecule has 0 saturated heterocycles. The average molecular weight is 386 g/mol. The second-order valence-electron chi connectivity index (χ2n) is 6.64. The van der Waals surface area contributed by atoms with Crippen molar-refractivity contribution >= 4 is 28.6 Å². The van der Waals surface area contributed by atoms with E-state index in [9.17, 15) is 14.4 Å². The summed E-state index contributed by atoms with van der Waals surface area (Å²) >= 11 is 0. The number of aliphatic hydroxyl groups is 1. The molecule has 4 N–H and O–H groups in total. The number of hydrogen-bond donors (Lipinski definition) is 3. The van der Waals surface area contributed by atoms with Gasteiger partial charge in [0.2, 0.25) is 0 Å². The van der Waals surface area contributed by atoms with Crippen molar-refractivity contribution in [1.29, 1.82) is 0 Å².